The molecule has 0 saturated carbocycles. The Morgan fingerprint density at radius 1 is 1.59 bits per heavy atom. The average Bonchev–Trinajstić information content (AvgIpc) is 2.78. The van der Waals surface area contributed by atoms with E-state index in [2.05, 4.69) is 15.3 Å². The van der Waals surface area contributed by atoms with Crippen LogP contribution in [0.5, 0.6) is 0 Å². The first-order valence-electron chi connectivity index (χ1n) is 5.35. The Hall–Kier alpha value is -1.14. The van der Waals surface area contributed by atoms with Gasteiger partial charge in [-0.15, -0.1) is 11.3 Å². The third-order valence-electron chi connectivity index (χ3n) is 2.23. The summed E-state index contributed by atoms with van der Waals surface area (Å²) in [4.78, 5) is 21.0. The van der Waals surface area contributed by atoms with Crippen LogP contribution in [0.4, 0.5) is 0 Å². The molecule has 0 aliphatic carbocycles. The van der Waals surface area contributed by atoms with E-state index in [-0.39, 0.29) is 11.2 Å². The Balaban J connectivity index is 2.18. The number of amides is 1. The smallest absolute Gasteiger partial charge is 0.233 e. The molecule has 4 nitrogen and oxygen atoms in total. The van der Waals surface area contributed by atoms with E-state index < -0.39 is 0 Å². The second kappa shape index (κ2) is 5.46. The number of carbonyl (C=O) groups is 1. The first-order chi connectivity index (χ1) is 8.22. The van der Waals surface area contributed by atoms with Gasteiger partial charge in [-0.05, 0) is 25.3 Å². The van der Waals surface area contributed by atoms with Crippen molar-refractivity contribution in [2.75, 3.05) is 6.54 Å². The number of hydrogen-bond acceptors (Lipinski definition) is 5. The van der Waals surface area contributed by atoms with E-state index in [9.17, 15) is 4.79 Å². The summed E-state index contributed by atoms with van der Waals surface area (Å²) in [6.45, 7) is 4.45. The number of thioether (sulfide) groups is 1. The minimum atomic E-state index is -0.145. The Kier molecular flexibility index (Phi) is 3.96. The summed E-state index contributed by atoms with van der Waals surface area (Å²) in [6.07, 6.45) is 1.55. The van der Waals surface area contributed by atoms with Crippen molar-refractivity contribution in [3.05, 3.63) is 17.8 Å². The van der Waals surface area contributed by atoms with E-state index in [0.29, 0.717) is 6.54 Å². The van der Waals surface area contributed by atoms with Crippen molar-refractivity contribution >= 4 is 39.2 Å². The van der Waals surface area contributed by atoms with Crippen LogP contribution >= 0.6 is 23.1 Å². The zero-order valence-corrected chi connectivity index (χ0v) is 11.3. The van der Waals surface area contributed by atoms with Crippen LogP contribution in [0, 0.1) is 0 Å². The van der Waals surface area contributed by atoms with Crippen LogP contribution in [0.3, 0.4) is 0 Å². The molecule has 0 aromatic carbocycles. The normalized spacial score (nSPS) is 12.6. The van der Waals surface area contributed by atoms with E-state index in [1.807, 2.05) is 25.3 Å². The molecule has 2 aromatic rings. The highest BCUT2D eigenvalue weighted by atomic mass is 32.2. The van der Waals surface area contributed by atoms with Gasteiger partial charge >= 0.3 is 0 Å². The number of carbonyl (C=O) groups excluding carboxylic acids is 1. The molecule has 90 valence electrons. The van der Waals surface area contributed by atoms with Crippen LogP contribution in [0.1, 0.15) is 13.8 Å². The molecule has 0 radical (unpaired) electrons. The summed E-state index contributed by atoms with van der Waals surface area (Å²) in [5, 5.41) is 6.54. The van der Waals surface area contributed by atoms with E-state index in [0.717, 1.165) is 15.2 Å². The van der Waals surface area contributed by atoms with Crippen LogP contribution in [0.25, 0.3) is 10.2 Å². The minimum Gasteiger partial charge on any atom is -0.355 e. The molecule has 0 fully saturated rings. The van der Waals surface area contributed by atoms with Gasteiger partial charge in [-0.25, -0.2) is 9.97 Å². The van der Waals surface area contributed by atoms with E-state index in [4.69, 9.17) is 0 Å². The van der Waals surface area contributed by atoms with Gasteiger partial charge in [-0.3, -0.25) is 4.79 Å². The van der Waals surface area contributed by atoms with E-state index >= 15 is 0 Å². The second-order valence-corrected chi connectivity index (χ2v) is 5.70. The Morgan fingerprint density at radius 3 is 3.18 bits per heavy atom. The maximum absolute atomic E-state index is 11.6. The Bertz CT molecular complexity index is 526. The predicted octanol–water partition coefficient (Wildman–Crippen LogP) is 2.31. The SMILES string of the molecule is CCNC(=O)[C@@H](C)Sc1ncnc2sccc12. The highest BCUT2D eigenvalue weighted by Gasteiger charge is 2.16. The zero-order valence-electron chi connectivity index (χ0n) is 9.64. The third kappa shape index (κ3) is 2.76. The molecule has 6 heteroatoms. The summed E-state index contributed by atoms with van der Waals surface area (Å²) in [6, 6.07) is 1.99. The number of fused-ring (bicyclic) bond motifs is 1. The summed E-state index contributed by atoms with van der Waals surface area (Å²) in [5.74, 6) is 0.0412. The van der Waals surface area contributed by atoms with Crippen LogP contribution < -0.4 is 5.32 Å². The summed E-state index contributed by atoms with van der Waals surface area (Å²) in [7, 11) is 0. The molecular formula is C11H13N3OS2. The fraction of sp³-hybridized carbons (Fsp3) is 0.364. The molecule has 1 N–H and O–H groups in total. The van der Waals surface area contributed by atoms with Gasteiger partial charge in [0.15, 0.2) is 0 Å². The van der Waals surface area contributed by atoms with Crippen molar-refractivity contribution in [2.45, 2.75) is 24.1 Å². The molecular weight excluding hydrogens is 254 g/mol. The molecule has 0 unspecified atom stereocenters. The van der Waals surface area contributed by atoms with Crippen LogP contribution in [0.2, 0.25) is 0 Å². The predicted molar refractivity (Wildman–Crippen MR) is 71.4 cm³/mol. The zero-order chi connectivity index (χ0) is 12.3. The standard InChI is InChI=1S/C11H13N3OS2/c1-3-12-9(15)7(2)17-11-8-4-5-16-10(8)13-6-14-11/h4-7H,3H2,1-2H3,(H,12,15)/t7-/m1/s1. The van der Waals surface area contributed by atoms with Crippen LogP contribution in [0.15, 0.2) is 22.8 Å². The third-order valence-corrected chi connectivity index (χ3v) is 4.17. The molecule has 0 aliphatic heterocycles. The molecule has 1 atom stereocenters. The van der Waals surface area contributed by atoms with Gasteiger partial charge in [-0.1, -0.05) is 11.8 Å². The molecule has 0 bridgehead atoms. The van der Waals surface area contributed by atoms with Gasteiger partial charge in [0, 0.05) is 11.9 Å². The van der Waals surface area contributed by atoms with Crippen LogP contribution in [-0.2, 0) is 4.79 Å². The minimum absolute atomic E-state index is 0.0412. The molecule has 0 aliphatic rings. The monoisotopic (exact) mass is 267 g/mol. The van der Waals surface area contributed by atoms with Gasteiger partial charge in [-0.2, -0.15) is 0 Å². The first kappa shape index (κ1) is 12.3. The average molecular weight is 267 g/mol. The lowest BCUT2D eigenvalue weighted by Gasteiger charge is -2.10. The van der Waals surface area contributed by atoms with Gasteiger partial charge < -0.3 is 5.32 Å². The molecule has 17 heavy (non-hydrogen) atoms. The van der Waals surface area contributed by atoms with Crippen molar-refractivity contribution in [3.63, 3.8) is 0 Å². The van der Waals surface area contributed by atoms with Gasteiger partial charge in [0.05, 0.1) is 5.25 Å². The topological polar surface area (TPSA) is 54.9 Å². The van der Waals surface area contributed by atoms with Crippen molar-refractivity contribution in [3.8, 4) is 0 Å². The van der Waals surface area contributed by atoms with Crippen molar-refractivity contribution in [1.29, 1.82) is 0 Å². The van der Waals surface area contributed by atoms with E-state index in [1.54, 1.807) is 17.7 Å². The molecule has 2 rings (SSSR count). The van der Waals surface area contributed by atoms with Crippen molar-refractivity contribution < 1.29 is 4.79 Å². The molecule has 2 aromatic heterocycles. The highest BCUT2D eigenvalue weighted by Crippen LogP contribution is 2.30. The molecule has 0 saturated heterocycles. The number of nitrogens with one attached hydrogen (secondary N) is 1. The van der Waals surface area contributed by atoms with Gasteiger partial charge in [0.1, 0.15) is 16.2 Å². The first-order valence-corrected chi connectivity index (χ1v) is 7.11. The highest BCUT2D eigenvalue weighted by molar-refractivity contribution is 8.00. The number of thiophene rings is 1. The molecule has 2 heterocycles. The lowest BCUT2D eigenvalue weighted by molar-refractivity contribution is -0.120. The number of aromatic nitrogens is 2. The fourth-order valence-corrected chi connectivity index (χ4v) is 3.12. The number of nitrogens with zero attached hydrogens (tertiary/aromatic N) is 2. The Morgan fingerprint density at radius 2 is 2.41 bits per heavy atom. The lowest BCUT2D eigenvalue weighted by atomic mass is 10.4. The quantitative estimate of drug-likeness (QED) is 0.682. The van der Waals surface area contributed by atoms with Crippen molar-refractivity contribution in [2.24, 2.45) is 0 Å². The summed E-state index contributed by atoms with van der Waals surface area (Å²) < 4.78 is 0. The maximum Gasteiger partial charge on any atom is 0.233 e. The number of rotatable bonds is 4. The summed E-state index contributed by atoms with van der Waals surface area (Å²) in [5.41, 5.74) is 0. The Labute approximate surface area is 108 Å². The maximum atomic E-state index is 11.6. The lowest BCUT2D eigenvalue weighted by Crippen LogP contribution is -2.30. The largest absolute Gasteiger partial charge is 0.355 e. The van der Waals surface area contributed by atoms with E-state index in [1.165, 1.54) is 11.8 Å². The fourth-order valence-electron chi connectivity index (χ4n) is 1.40. The van der Waals surface area contributed by atoms with Crippen LogP contribution in [-0.4, -0.2) is 27.7 Å². The van der Waals surface area contributed by atoms with Gasteiger partial charge in [0.25, 0.3) is 0 Å². The number of hydrogen-bond donors (Lipinski definition) is 1. The summed E-state index contributed by atoms with van der Waals surface area (Å²) >= 11 is 3.05. The molecule has 1 amide bonds. The van der Waals surface area contributed by atoms with Crippen molar-refractivity contribution in [1.82, 2.24) is 15.3 Å². The van der Waals surface area contributed by atoms with Gasteiger partial charge in [0.2, 0.25) is 5.91 Å². The second-order valence-electron chi connectivity index (χ2n) is 3.47. The molecule has 0 spiro atoms.